The van der Waals surface area contributed by atoms with Crippen LogP contribution < -0.4 is 0 Å². The third-order valence-corrected chi connectivity index (χ3v) is 6.18. The van der Waals surface area contributed by atoms with Crippen molar-refractivity contribution in [2.75, 3.05) is 0 Å². The summed E-state index contributed by atoms with van der Waals surface area (Å²) in [6.45, 7) is 17.0. The number of aryl methyl sites for hydroxylation is 6. The van der Waals surface area contributed by atoms with Crippen LogP contribution in [-0.2, 0) is 16.2 Å². The van der Waals surface area contributed by atoms with E-state index in [1.165, 1.54) is 48.8 Å². The van der Waals surface area contributed by atoms with Gasteiger partial charge in [0, 0.05) is 0 Å². The zero-order valence-electron chi connectivity index (χ0n) is 16.4. The normalized spacial score (nSPS) is 10.8. The predicted octanol–water partition coefficient (Wildman–Crippen LogP) is 5.32. The molecule has 1 heterocycles. The van der Waals surface area contributed by atoms with Crippen LogP contribution in [0.25, 0.3) is 11.4 Å². The second-order valence-electron chi connectivity index (χ2n) is 7.00. The average Bonchev–Trinajstić information content (AvgIpc) is 2.89. The van der Waals surface area contributed by atoms with Gasteiger partial charge in [-0.15, -0.1) is 0 Å². The van der Waals surface area contributed by atoms with E-state index >= 15 is 0 Å². The summed E-state index contributed by atoms with van der Waals surface area (Å²) in [5, 5.41) is 0. The summed E-state index contributed by atoms with van der Waals surface area (Å²) in [7, 11) is 0. The van der Waals surface area contributed by atoms with Crippen LogP contribution in [0.1, 0.15) is 33.4 Å². The Balaban J connectivity index is 2.39. The first-order valence-electron chi connectivity index (χ1n) is 8.76. The minimum absolute atomic E-state index is 0.227. The third-order valence-electron chi connectivity index (χ3n) is 4.64. The number of aromatic nitrogens is 2. The Morgan fingerprint density at radius 1 is 0.692 bits per heavy atom. The Labute approximate surface area is 163 Å². The summed E-state index contributed by atoms with van der Waals surface area (Å²) < 4.78 is 9.12. The topological polar surface area (TPSA) is 9.86 Å². The van der Waals surface area contributed by atoms with Gasteiger partial charge in [0.1, 0.15) is 0 Å². The van der Waals surface area contributed by atoms with Crippen LogP contribution in [-0.4, -0.2) is 13.4 Å². The third kappa shape index (κ3) is 3.30. The predicted molar refractivity (Wildman–Crippen MR) is 107 cm³/mol. The molecule has 0 atom stereocenters. The Kier molecular flexibility index (Phi) is 5.23. The van der Waals surface area contributed by atoms with Crippen molar-refractivity contribution in [3.05, 3.63) is 80.6 Å². The molecule has 26 heavy (non-hydrogen) atoms. The quantitative estimate of drug-likeness (QED) is 0.486. The van der Waals surface area contributed by atoms with Crippen molar-refractivity contribution in [2.45, 2.75) is 41.5 Å². The number of hydrogen-bond donors (Lipinski definition) is 0. The molecular formula is C23H26N2Ru. The second-order valence-corrected chi connectivity index (χ2v) is 8.83. The summed E-state index contributed by atoms with van der Waals surface area (Å²) >= 11 is -0.227. The van der Waals surface area contributed by atoms with Crippen molar-refractivity contribution >= 4 is 4.26 Å². The molecule has 0 unspecified atom stereocenters. The van der Waals surface area contributed by atoms with E-state index in [1.54, 1.807) is 0 Å². The molecule has 0 fully saturated rings. The number of imidazole rings is 1. The van der Waals surface area contributed by atoms with Crippen LogP contribution in [0.2, 0.25) is 0 Å². The van der Waals surface area contributed by atoms with E-state index in [0.29, 0.717) is 0 Å². The van der Waals surface area contributed by atoms with Crippen molar-refractivity contribution in [3.63, 3.8) is 0 Å². The number of benzene rings is 2. The van der Waals surface area contributed by atoms with Crippen LogP contribution in [0.5, 0.6) is 0 Å². The molecule has 3 rings (SSSR count). The first-order chi connectivity index (χ1) is 12.3. The van der Waals surface area contributed by atoms with E-state index in [9.17, 15) is 0 Å². The Morgan fingerprint density at radius 2 is 1.04 bits per heavy atom. The maximum absolute atomic E-state index is 3.91. The molecule has 1 aromatic heterocycles. The summed E-state index contributed by atoms with van der Waals surface area (Å²) in [5.41, 5.74) is 10.4. The van der Waals surface area contributed by atoms with Gasteiger partial charge in [-0.3, -0.25) is 0 Å². The maximum atomic E-state index is 3.91. The molecule has 2 nitrogen and oxygen atoms in total. The fourth-order valence-electron chi connectivity index (χ4n) is 3.94. The van der Waals surface area contributed by atoms with Crippen molar-refractivity contribution in [1.29, 1.82) is 0 Å². The molecule has 2 aromatic carbocycles. The van der Waals surface area contributed by atoms with Gasteiger partial charge in [-0.05, 0) is 0 Å². The molecule has 3 heteroatoms. The van der Waals surface area contributed by atoms with Crippen LogP contribution in [0, 0.1) is 45.6 Å². The van der Waals surface area contributed by atoms with Crippen molar-refractivity contribution in [3.8, 4) is 11.4 Å². The van der Waals surface area contributed by atoms with Crippen LogP contribution >= 0.6 is 0 Å². The van der Waals surface area contributed by atoms with Gasteiger partial charge < -0.3 is 0 Å². The van der Waals surface area contributed by atoms with Gasteiger partial charge in [-0.25, -0.2) is 0 Å². The monoisotopic (exact) mass is 432 g/mol. The van der Waals surface area contributed by atoms with Gasteiger partial charge in [0.25, 0.3) is 0 Å². The van der Waals surface area contributed by atoms with E-state index in [-0.39, 0.29) is 16.2 Å². The Hall–Kier alpha value is -2.08. The molecule has 0 saturated carbocycles. The molecule has 0 aliphatic carbocycles. The van der Waals surface area contributed by atoms with E-state index in [2.05, 4.69) is 98.2 Å². The van der Waals surface area contributed by atoms with Gasteiger partial charge in [-0.1, -0.05) is 0 Å². The van der Waals surface area contributed by atoms with E-state index in [0.717, 1.165) is 0 Å². The van der Waals surface area contributed by atoms with Crippen LogP contribution in [0.4, 0.5) is 0 Å². The van der Waals surface area contributed by atoms with E-state index < -0.39 is 0 Å². The van der Waals surface area contributed by atoms with Gasteiger partial charge in [0.15, 0.2) is 0 Å². The molecule has 0 aliphatic heterocycles. The van der Waals surface area contributed by atoms with Gasteiger partial charge in [0.05, 0.1) is 0 Å². The molecule has 0 radical (unpaired) electrons. The van der Waals surface area contributed by atoms with Gasteiger partial charge >= 0.3 is 163 Å². The number of hydrogen-bond acceptors (Lipinski definition) is 0. The van der Waals surface area contributed by atoms with E-state index in [1.807, 2.05) is 0 Å². The van der Waals surface area contributed by atoms with Crippen molar-refractivity contribution in [1.82, 2.24) is 9.13 Å². The van der Waals surface area contributed by atoms with Crippen LogP contribution in [0.15, 0.2) is 43.2 Å². The van der Waals surface area contributed by atoms with Gasteiger partial charge in [0.2, 0.25) is 0 Å². The molecule has 0 aliphatic rings. The summed E-state index contributed by atoms with van der Waals surface area (Å²) in [6.07, 6.45) is 4.37. The number of nitrogens with zero attached hydrogens (tertiary/aromatic N) is 2. The summed E-state index contributed by atoms with van der Waals surface area (Å²) in [4.78, 5) is 0. The Bertz CT molecular complexity index is 1010. The summed E-state index contributed by atoms with van der Waals surface area (Å²) in [5.74, 6) is 0. The fourth-order valence-corrected chi connectivity index (χ4v) is 5.28. The molecule has 0 bridgehead atoms. The SMILES string of the molecule is C=[C]=[Ru]=[c]1n(-c2c(C)cc(C)cc2C)ccn1-c1c(C)cc(C)cc1C. The zero-order valence-corrected chi connectivity index (χ0v) is 18.2. The first kappa shape index (κ1) is 18.7. The second kappa shape index (κ2) is 7.27. The molecule has 136 valence electrons. The van der Waals surface area contributed by atoms with Crippen LogP contribution in [0.3, 0.4) is 0 Å². The first-order valence-corrected chi connectivity index (χ1v) is 10.5. The zero-order chi connectivity index (χ0) is 19.0. The minimum atomic E-state index is -0.227. The fraction of sp³-hybridized carbons (Fsp3) is 0.261. The molecule has 3 aromatic rings. The number of rotatable bonds is 2. The summed E-state index contributed by atoms with van der Waals surface area (Å²) in [6, 6.07) is 9.03. The molecule has 0 amide bonds. The molecule has 0 spiro atoms. The molecular weight excluding hydrogens is 405 g/mol. The Morgan fingerprint density at radius 3 is 1.35 bits per heavy atom. The van der Waals surface area contributed by atoms with Crippen molar-refractivity contribution in [2.24, 2.45) is 0 Å². The van der Waals surface area contributed by atoms with Gasteiger partial charge in [-0.2, -0.15) is 0 Å². The average molecular weight is 432 g/mol. The molecule has 0 N–H and O–H groups in total. The molecule has 0 saturated heterocycles. The van der Waals surface area contributed by atoms with E-state index in [4.69, 9.17) is 0 Å². The standard InChI is InChI=1S/C21H24N2.C2H2.Ru/c1-14-9-16(3)20(17(4)10-14)22-7-8-23(13-22)21-18(5)11-15(2)12-19(21)6;1-2;/h7-12H,1-6H3;1H2;. The van der Waals surface area contributed by atoms with Crippen molar-refractivity contribution < 1.29 is 16.2 Å².